The van der Waals surface area contributed by atoms with E-state index in [-0.39, 0.29) is 0 Å². The molecule has 0 saturated carbocycles. The quantitative estimate of drug-likeness (QED) is 0.659. The van der Waals surface area contributed by atoms with Crippen LogP contribution in [0.3, 0.4) is 0 Å². The van der Waals surface area contributed by atoms with E-state index in [1.165, 1.54) is 5.56 Å². The molecular formula is C14H11BrN2. The van der Waals surface area contributed by atoms with Gasteiger partial charge >= 0.3 is 0 Å². The Bertz CT molecular complexity index is 686. The first-order valence-corrected chi connectivity index (χ1v) is 6.23. The first-order chi connectivity index (χ1) is 8.24. The molecule has 0 saturated heterocycles. The maximum Gasteiger partial charge on any atom is 0.144 e. The van der Waals surface area contributed by atoms with Gasteiger partial charge < -0.3 is 0 Å². The number of hydrogen-bond donors (Lipinski definition) is 0. The lowest BCUT2D eigenvalue weighted by Gasteiger charge is -2.03. The summed E-state index contributed by atoms with van der Waals surface area (Å²) in [6, 6.07) is 12.4. The first kappa shape index (κ1) is 10.5. The summed E-state index contributed by atoms with van der Waals surface area (Å²) in [7, 11) is 0. The molecule has 3 rings (SSSR count). The van der Waals surface area contributed by atoms with E-state index >= 15 is 0 Å². The highest BCUT2D eigenvalue weighted by atomic mass is 79.9. The zero-order valence-corrected chi connectivity index (χ0v) is 11.0. The molecule has 0 aliphatic rings. The van der Waals surface area contributed by atoms with Crippen molar-refractivity contribution < 1.29 is 0 Å². The van der Waals surface area contributed by atoms with Gasteiger partial charge in [0.15, 0.2) is 0 Å². The zero-order chi connectivity index (χ0) is 11.8. The van der Waals surface area contributed by atoms with Crippen LogP contribution in [0.4, 0.5) is 0 Å². The third kappa shape index (κ3) is 1.87. The van der Waals surface area contributed by atoms with Crippen molar-refractivity contribution >= 4 is 21.4 Å². The highest BCUT2D eigenvalue weighted by Crippen LogP contribution is 2.23. The van der Waals surface area contributed by atoms with E-state index in [9.17, 15) is 0 Å². The first-order valence-electron chi connectivity index (χ1n) is 5.44. The Balaban J connectivity index is 2.27. The summed E-state index contributed by atoms with van der Waals surface area (Å²) in [6.07, 6.45) is 4.01. The van der Waals surface area contributed by atoms with Gasteiger partial charge in [0.05, 0.1) is 11.7 Å². The average molecular weight is 287 g/mol. The summed E-state index contributed by atoms with van der Waals surface area (Å²) in [5.74, 6) is 0.977. The molecule has 2 heterocycles. The fraction of sp³-hybridized carbons (Fsp3) is 0.0714. The van der Waals surface area contributed by atoms with Crippen LogP contribution in [0.15, 0.2) is 53.3 Å². The molecule has 2 nitrogen and oxygen atoms in total. The molecule has 0 radical (unpaired) electrons. The molecule has 0 fully saturated rings. The van der Waals surface area contributed by atoms with Gasteiger partial charge in [0.1, 0.15) is 5.82 Å². The van der Waals surface area contributed by atoms with Gasteiger partial charge in [0.2, 0.25) is 0 Å². The van der Waals surface area contributed by atoms with E-state index in [4.69, 9.17) is 0 Å². The number of aromatic nitrogens is 2. The molecule has 1 aromatic carbocycles. The summed E-state index contributed by atoms with van der Waals surface area (Å²) in [5, 5.41) is 0. The Morgan fingerprint density at radius 3 is 2.88 bits per heavy atom. The maximum absolute atomic E-state index is 4.49. The molecular weight excluding hydrogens is 276 g/mol. The van der Waals surface area contributed by atoms with Crippen molar-refractivity contribution in [3.63, 3.8) is 0 Å². The van der Waals surface area contributed by atoms with Gasteiger partial charge in [-0.2, -0.15) is 0 Å². The summed E-state index contributed by atoms with van der Waals surface area (Å²) < 4.78 is 3.19. The number of hydrogen-bond acceptors (Lipinski definition) is 1. The van der Waals surface area contributed by atoms with Crippen LogP contribution in [0.2, 0.25) is 0 Å². The smallest absolute Gasteiger partial charge is 0.144 e. The van der Waals surface area contributed by atoms with Gasteiger partial charge in [0, 0.05) is 16.2 Å². The van der Waals surface area contributed by atoms with E-state index in [2.05, 4.69) is 62.7 Å². The lowest BCUT2D eigenvalue weighted by Crippen LogP contribution is -1.90. The van der Waals surface area contributed by atoms with Crippen LogP contribution in [0.5, 0.6) is 0 Å². The second kappa shape index (κ2) is 4.00. The van der Waals surface area contributed by atoms with Gasteiger partial charge in [-0.1, -0.05) is 34.1 Å². The van der Waals surface area contributed by atoms with Crippen molar-refractivity contribution in [2.24, 2.45) is 0 Å². The minimum Gasteiger partial charge on any atom is -0.300 e. The van der Waals surface area contributed by atoms with Crippen molar-refractivity contribution in [2.75, 3.05) is 0 Å². The van der Waals surface area contributed by atoms with Crippen LogP contribution < -0.4 is 0 Å². The standard InChI is InChI=1S/C14H11BrN2/c1-10-5-6-13-8-16-14(17(13)9-10)11-3-2-4-12(15)7-11/h2-9H,1H3. The summed E-state index contributed by atoms with van der Waals surface area (Å²) in [6.45, 7) is 2.09. The number of benzene rings is 1. The fourth-order valence-electron chi connectivity index (χ4n) is 1.94. The Labute approximate surface area is 108 Å². The topological polar surface area (TPSA) is 17.3 Å². The molecule has 0 atom stereocenters. The minimum atomic E-state index is 0.977. The molecule has 0 bridgehead atoms. The summed E-state index contributed by atoms with van der Waals surface area (Å²) in [5.41, 5.74) is 3.46. The SMILES string of the molecule is Cc1ccc2cnc(-c3cccc(Br)c3)n2c1. The molecule has 0 aliphatic heterocycles. The highest BCUT2D eigenvalue weighted by molar-refractivity contribution is 9.10. The van der Waals surface area contributed by atoms with Gasteiger partial charge in [-0.05, 0) is 30.7 Å². The lowest BCUT2D eigenvalue weighted by atomic mass is 10.2. The average Bonchev–Trinajstić information content (AvgIpc) is 2.71. The monoisotopic (exact) mass is 286 g/mol. The normalized spacial score (nSPS) is 10.9. The Morgan fingerprint density at radius 2 is 2.06 bits per heavy atom. The molecule has 0 N–H and O–H groups in total. The van der Waals surface area contributed by atoms with Crippen LogP contribution in [0.25, 0.3) is 16.9 Å². The molecule has 17 heavy (non-hydrogen) atoms. The van der Waals surface area contributed by atoms with Gasteiger partial charge in [-0.15, -0.1) is 0 Å². The summed E-state index contributed by atoms with van der Waals surface area (Å²) >= 11 is 3.49. The number of rotatable bonds is 1. The van der Waals surface area contributed by atoms with Crippen molar-refractivity contribution in [1.82, 2.24) is 9.38 Å². The Kier molecular flexibility index (Phi) is 2.48. The van der Waals surface area contributed by atoms with Crippen LogP contribution in [0, 0.1) is 6.92 Å². The van der Waals surface area contributed by atoms with Crippen LogP contribution in [-0.2, 0) is 0 Å². The van der Waals surface area contributed by atoms with E-state index in [0.29, 0.717) is 0 Å². The molecule has 0 amide bonds. The number of imidazole rings is 1. The molecule has 0 spiro atoms. The minimum absolute atomic E-state index is 0.977. The molecule has 2 aromatic heterocycles. The van der Waals surface area contributed by atoms with E-state index in [1.54, 1.807) is 0 Å². The number of aryl methyl sites for hydroxylation is 1. The van der Waals surface area contributed by atoms with E-state index in [0.717, 1.165) is 21.4 Å². The van der Waals surface area contributed by atoms with Gasteiger partial charge in [0.25, 0.3) is 0 Å². The molecule has 84 valence electrons. The van der Waals surface area contributed by atoms with Crippen LogP contribution >= 0.6 is 15.9 Å². The maximum atomic E-state index is 4.49. The number of fused-ring (bicyclic) bond motifs is 1. The number of nitrogens with zero attached hydrogens (tertiary/aromatic N) is 2. The second-order valence-electron chi connectivity index (χ2n) is 4.09. The fourth-order valence-corrected chi connectivity index (χ4v) is 2.34. The third-order valence-electron chi connectivity index (χ3n) is 2.76. The predicted octanol–water partition coefficient (Wildman–Crippen LogP) is 4.07. The van der Waals surface area contributed by atoms with Gasteiger partial charge in [-0.25, -0.2) is 4.98 Å². The van der Waals surface area contributed by atoms with E-state index < -0.39 is 0 Å². The van der Waals surface area contributed by atoms with E-state index in [1.807, 2.05) is 18.3 Å². The Hall–Kier alpha value is -1.61. The molecule has 0 aliphatic carbocycles. The largest absolute Gasteiger partial charge is 0.300 e. The van der Waals surface area contributed by atoms with Crippen molar-refractivity contribution in [2.45, 2.75) is 6.92 Å². The molecule has 3 aromatic rings. The number of halogens is 1. The Morgan fingerprint density at radius 1 is 1.18 bits per heavy atom. The van der Waals surface area contributed by atoms with Crippen molar-refractivity contribution in [3.05, 3.63) is 58.8 Å². The number of pyridine rings is 1. The third-order valence-corrected chi connectivity index (χ3v) is 3.25. The van der Waals surface area contributed by atoms with Crippen molar-refractivity contribution in [3.8, 4) is 11.4 Å². The summed E-state index contributed by atoms with van der Waals surface area (Å²) in [4.78, 5) is 4.49. The zero-order valence-electron chi connectivity index (χ0n) is 9.39. The predicted molar refractivity (Wildman–Crippen MR) is 73.1 cm³/mol. The highest BCUT2D eigenvalue weighted by Gasteiger charge is 2.06. The molecule has 3 heteroatoms. The van der Waals surface area contributed by atoms with Crippen molar-refractivity contribution in [1.29, 1.82) is 0 Å². The van der Waals surface area contributed by atoms with Crippen LogP contribution in [-0.4, -0.2) is 9.38 Å². The lowest BCUT2D eigenvalue weighted by molar-refractivity contribution is 1.14. The molecule has 0 unspecified atom stereocenters. The van der Waals surface area contributed by atoms with Crippen LogP contribution in [0.1, 0.15) is 5.56 Å². The second-order valence-corrected chi connectivity index (χ2v) is 5.01. The van der Waals surface area contributed by atoms with Gasteiger partial charge in [-0.3, -0.25) is 4.40 Å².